The number of nitrogens with one attached hydrogen (secondary N) is 1. The summed E-state index contributed by atoms with van der Waals surface area (Å²) in [5.41, 5.74) is 1.65. The fourth-order valence-electron chi connectivity index (χ4n) is 2.70. The van der Waals surface area contributed by atoms with Crippen molar-refractivity contribution in [1.82, 2.24) is 5.32 Å². The summed E-state index contributed by atoms with van der Waals surface area (Å²) in [6.07, 6.45) is 3.38. The Kier molecular flexibility index (Phi) is 5.02. The van der Waals surface area contributed by atoms with Gasteiger partial charge in [-0.25, -0.2) is 4.39 Å². The van der Waals surface area contributed by atoms with Gasteiger partial charge in [-0.15, -0.1) is 0 Å². The maximum absolute atomic E-state index is 12.9. The van der Waals surface area contributed by atoms with Crippen LogP contribution in [0.5, 0.6) is 11.5 Å². The molecule has 1 atom stereocenters. The molecule has 1 saturated heterocycles. The predicted octanol–water partition coefficient (Wildman–Crippen LogP) is 2.72. The molecule has 2 rings (SSSR count). The molecule has 0 radical (unpaired) electrons. The third-order valence-corrected chi connectivity index (χ3v) is 3.73. The third-order valence-electron chi connectivity index (χ3n) is 3.73. The molecule has 106 valence electrons. The standard InChI is InChI=1S/C15H22FNO2/c1-18-14-8-13(9-16)15(19-2)7-12(14)6-11-4-3-5-17-10-11/h7-8,11,17H,3-6,9-10H2,1-2H3. The van der Waals surface area contributed by atoms with Gasteiger partial charge in [-0.05, 0) is 56.0 Å². The summed E-state index contributed by atoms with van der Waals surface area (Å²) < 4.78 is 23.6. The van der Waals surface area contributed by atoms with Gasteiger partial charge in [0, 0.05) is 5.56 Å². The molecule has 0 spiro atoms. The van der Waals surface area contributed by atoms with Crippen LogP contribution in [0.4, 0.5) is 4.39 Å². The number of benzene rings is 1. The van der Waals surface area contributed by atoms with Crippen LogP contribution in [-0.4, -0.2) is 27.3 Å². The minimum Gasteiger partial charge on any atom is -0.496 e. The number of ether oxygens (including phenoxy) is 2. The Bertz CT molecular complexity index is 417. The van der Waals surface area contributed by atoms with E-state index in [9.17, 15) is 4.39 Å². The highest BCUT2D eigenvalue weighted by atomic mass is 19.1. The zero-order valence-electron chi connectivity index (χ0n) is 11.7. The molecule has 1 unspecified atom stereocenters. The van der Waals surface area contributed by atoms with Crippen LogP contribution in [0.25, 0.3) is 0 Å². The van der Waals surface area contributed by atoms with Crippen LogP contribution in [0.1, 0.15) is 24.0 Å². The lowest BCUT2D eigenvalue weighted by molar-refractivity contribution is 0.358. The Morgan fingerprint density at radius 1 is 1.21 bits per heavy atom. The van der Waals surface area contributed by atoms with Gasteiger partial charge in [-0.3, -0.25) is 0 Å². The van der Waals surface area contributed by atoms with Crippen LogP contribution < -0.4 is 14.8 Å². The first-order valence-electron chi connectivity index (χ1n) is 6.79. The van der Waals surface area contributed by atoms with E-state index in [4.69, 9.17) is 9.47 Å². The van der Waals surface area contributed by atoms with Crippen LogP contribution >= 0.6 is 0 Å². The maximum atomic E-state index is 12.9. The van der Waals surface area contributed by atoms with Crippen molar-refractivity contribution in [3.05, 3.63) is 23.3 Å². The highest BCUT2D eigenvalue weighted by molar-refractivity contribution is 5.46. The van der Waals surface area contributed by atoms with Gasteiger partial charge in [0.15, 0.2) is 0 Å². The predicted molar refractivity (Wildman–Crippen MR) is 73.7 cm³/mol. The van der Waals surface area contributed by atoms with Crippen LogP contribution in [0.15, 0.2) is 12.1 Å². The Morgan fingerprint density at radius 2 is 1.89 bits per heavy atom. The van der Waals surface area contributed by atoms with Gasteiger partial charge in [0.1, 0.15) is 18.2 Å². The molecule has 1 aliphatic rings. The van der Waals surface area contributed by atoms with Crippen LogP contribution in [0.2, 0.25) is 0 Å². The first-order valence-corrected chi connectivity index (χ1v) is 6.79. The van der Waals surface area contributed by atoms with Gasteiger partial charge in [0.05, 0.1) is 14.2 Å². The summed E-state index contributed by atoms with van der Waals surface area (Å²) in [6, 6.07) is 3.67. The van der Waals surface area contributed by atoms with Crippen molar-refractivity contribution >= 4 is 0 Å². The van der Waals surface area contributed by atoms with Crippen molar-refractivity contribution in [3.8, 4) is 11.5 Å². The van der Waals surface area contributed by atoms with E-state index in [0.29, 0.717) is 17.2 Å². The molecular weight excluding hydrogens is 245 g/mol. The molecule has 4 heteroatoms. The van der Waals surface area contributed by atoms with Gasteiger partial charge in [0.25, 0.3) is 0 Å². The number of rotatable bonds is 5. The van der Waals surface area contributed by atoms with E-state index in [1.54, 1.807) is 20.3 Å². The lowest BCUT2D eigenvalue weighted by atomic mass is 9.91. The molecule has 1 aromatic rings. The normalized spacial score (nSPS) is 19.2. The average molecular weight is 267 g/mol. The maximum Gasteiger partial charge on any atom is 0.125 e. The smallest absolute Gasteiger partial charge is 0.125 e. The number of hydrogen-bond acceptors (Lipinski definition) is 3. The van der Waals surface area contributed by atoms with Crippen molar-refractivity contribution in [3.63, 3.8) is 0 Å². The highest BCUT2D eigenvalue weighted by Gasteiger charge is 2.18. The van der Waals surface area contributed by atoms with Crippen LogP contribution in [0, 0.1) is 5.92 Å². The number of alkyl halides is 1. The Labute approximate surface area is 114 Å². The topological polar surface area (TPSA) is 30.5 Å². The van der Waals surface area contributed by atoms with E-state index in [2.05, 4.69) is 5.32 Å². The van der Waals surface area contributed by atoms with Gasteiger partial charge in [-0.2, -0.15) is 0 Å². The minimum atomic E-state index is -0.537. The SMILES string of the molecule is COc1cc(CC2CCCNC2)c(OC)cc1CF. The second-order valence-electron chi connectivity index (χ2n) is 5.03. The van der Waals surface area contributed by atoms with Crippen molar-refractivity contribution in [2.45, 2.75) is 25.9 Å². The number of hydrogen-bond donors (Lipinski definition) is 1. The third kappa shape index (κ3) is 3.38. The van der Waals surface area contributed by atoms with Crippen molar-refractivity contribution < 1.29 is 13.9 Å². The quantitative estimate of drug-likeness (QED) is 0.889. The van der Waals surface area contributed by atoms with E-state index in [-0.39, 0.29) is 0 Å². The summed E-state index contributed by atoms with van der Waals surface area (Å²) in [5, 5.41) is 3.41. The van der Waals surface area contributed by atoms with E-state index in [0.717, 1.165) is 30.8 Å². The molecule has 0 amide bonds. The fourth-order valence-corrected chi connectivity index (χ4v) is 2.70. The van der Waals surface area contributed by atoms with Gasteiger partial charge in [0.2, 0.25) is 0 Å². The zero-order valence-corrected chi connectivity index (χ0v) is 11.7. The van der Waals surface area contributed by atoms with Crippen molar-refractivity contribution in [1.29, 1.82) is 0 Å². The molecular formula is C15H22FNO2. The van der Waals surface area contributed by atoms with E-state index in [1.807, 2.05) is 6.07 Å². The summed E-state index contributed by atoms with van der Waals surface area (Å²) in [7, 11) is 3.21. The lowest BCUT2D eigenvalue weighted by Gasteiger charge is -2.24. The molecule has 1 aliphatic heterocycles. The largest absolute Gasteiger partial charge is 0.496 e. The Balaban J connectivity index is 2.21. The van der Waals surface area contributed by atoms with Crippen LogP contribution in [-0.2, 0) is 13.1 Å². The van der Waals surface area contributed by atoms with Gasteiger partial charge < -0.3 is 14.8 Å². The summed E-state index contributed by atoms with van der Waals surface area (Å²) in [6.45, 7) is 1.61. The molecule has 19 heavy (non-hydrogen) atoms. The molecule has 0 bridgehead atoms. The van der Waals surface area contributed by atoms with Gasteiger partial charge >= 0.3 is 0 Å². The molecule has 0 aliphatic carbocycles. The average Bonchev–Trinajstić information content (AvgIpc) is 2.47. The highest BCUT2D eigenvalue weighted by Crippen LogP contribution is 2.32. The van der Waals surface area contributed by atoms with Crippen molar-refractivity contribution in [2.24, 2.45) is 5.92 Å². The molecule has 1 aromatic carbocycles. The monoisotopic (exact) mass is 267 g/mol. The Hall–Kier alpha value is -1.29. The zero-order chi connectivity index (χ0) is 13.7. The minimum absolute atomic E-state index is 0.537. The van der Waals surface area contributed by atoms with E-state index < -0.39 is 6.67 Å². The number of piperidine rings is 1. The Morgan fingerprint density at radius 3 is 2.47 bits per heavy atom. The van der Waals surface area contributed by atoms with Crippen LogP contribution in [0.3, 0.4) is 0 Å². The summed E-state index contributed by atoms with van der Waals surface area (Å²) in [5.74, 6) is 1.99. The fraction of sp³-hybridized carbons (Fsp3) is 0.600. The molecule has 0 aromatic heterocycles. The molecule has 0 saturated carbocycles. The summed E-state index contributed by atoms with van der Waals surface area (Å²) in [4.78, 5) is 0. The van der Waals surface area contributed by atoms with E-state index >= 15 is 0 Å². The lowest BCUT2D eigenvalue weighted by Crippen LogP contribution is -2.30. The molecule has 1 heterocycles. The molecule has 1 N–H and O–H groups in total. The first-order chi connectivity index (χ1) is 9.28. The molecule has 1 fully saturated rings. The second kappa shape index (κ2) is 6.75. The van der Waals surface area contributed by atoms with Gasteiger partial charge in [-0.1, -0.05) is 0 Å². The summed E-state index contributed by atoms with van der Waals surface area (Å²) >= 11 is 0. The molecule has 3 nitrogen and oxygen atoms in total. The number of halogens is 1. The number of methoxy groups -OCH3 is 2. The van der Waals surface area contributed by atoms with E-state index in [1.165, 1.54) is 12.8 Å². The second-order valence-corrected chi connectivity index (χ2v) is 5.03. The van der Waals surface area contributed by atoms with Crippen molar-refractivity contribution in [2.75, 3.05) is 27.3 Å². The first kappa shape index (κ1) is 14.1.